The van der Waals surface area contributed by atoms with Crippen LogP contribution in [0, 0.1) is 9.39 Å². The average molecular weight is 375 g/mol. The first-order valence-corrected chi connectivity index (χ1v) is 6.75. The predicted molar refractivity (Wildman–Crippen MR) is 78.6 cm³/mol. The van der Waals surface area contributed by atoms with Crippen molar-refractivity contribution in [3.05, 3.63) is 68.0 Å². The fourth-order valence-electron chi connectivity index (χ4n) is 1.60. The van der Waals surface area contributed by atoms with Crippen molar-refractivity contribution in [1.29, 1.82) is 0 Å². The van der Waals surface area contributed by atoms with Crippen molar-refractivity contribution in [2.24, 2.45) is 0 Å². The van der Waals surface area contributed by atoms with Crippen molar-refractivity contribution in [2.45, 2.75) is 6.42 Å². The Bertz CT molecular complexity index is 581. The molecule has 1 nitrogen and oxygen atoms in total. The summed E-state index contributed by atoms with van der Waals surface area (Å²) in [6, 6.07) is 11.7. The predicted octanol–water partition coefficient (Wildman–Crippen LogP) is 4.51. The number of rotatable bonds is 3. The van der Waals surface area contributed by atoms with Crippen molar-refractivity contribution in [1.82, 2.24) is 0 Å². The molecule has 0 amide bonds. The largest absolute Gasteiger partial charge is 0.294 e. The molecule has 92 valence electrons. The zero-order valence-corrected chi connectivity index (χ0v) is 12.2. The first kappa shape index (κ1) is 13.5. The Balaban J connectivity index is 2.21. The molecule has 0 radical (unpaired) electrons. The minimum Gasteiger partial charge on any atom is -0.294 e. The minimum atomic E-state index is -0.496. The third-order valence-corrected chi connectivity index (χ3v) is 3.69. The smallest absolute Gasteiger partial charge is 0.167 e. The van der Waals surface area contributed by atoms with Gasteiger partial charge in [-0.05, 0) is 46.4 Å². The highest BCUT2D eigenvalue weighted by Crippen LogP contribution is 2.21. The van der Waals surface area contributed by atoms with Gasteiger partial charge in [-0.1, -0.05) is 35.9 Å². The number of hydrogen-bond acceptors (Lipinski definition) is 1. The molecule has 2 aromatic rings. The SMILES string of the molecule is O=C(Cc1cccc(F)c1Cl)c1ccc(I)cc1. The van der Waals surface area contributed by atoms with Gasteiger partial charge in [0.1, 0.15) is 5.82 Å². The van der Waals surface area contributed by atoms with Crippen LogP contribution in [0.5, 0.6) is 0 Å². The molecule has 0 spiro atoms. The van der Waals surface area contributed by atoms with Crippen LogP contribution in [0.15, 0.2) is 42.5 Å². The molecular weight excluding hydrogens is 366 g/mol. The van der Waals surface area contributed by atoms with E-state index in [0.29, 0.717) is 11.1 Å². The van der Waals surface area contributed by atoms with Crippen molar-refractivity contribution >= 4 is 40.0 Å². The molecular formula is C14H9ClFIO. The highest BCUT2D eigenvalue weighted by molar-refractivity contribution is 14.1. The standard InChI is InChI=1S/C14H9ClFIO/c15-14-10(2-1-3-12(14)16)8-13(18)9-4-6-11(17)7-5-9/h1-7H,8H2. The van der Waals surface area contributed by atoms with Gasteiger partial charge in [0.05, 0.1) is 5.02 Å². The Morgan fingerprint density at radius 1 is 1.17 bits per heavy atom. The minimum absolute atomic E-state index is 0.0244. The lowest BCUT2D eigenvalue weighted by Gasteiger charge is -2.04. The van der Waals surface area contributed by atoms with Crippen LogP contribution < -0.4 is 0 Å². The molecule has 2 rings (SSSR count). The number of hydrogen-bond donors (Lipinski definition) is 0. The van der Waals surface area contributed by atoms with Crippen LogP contribution in [-0.4, -0.2) is 5.78 Å². The molecule has 0 saturated carbocycles. The van der Waals surface area contributed by atoms with Gasteiger partial charge in [-0.15, -0.1) is 0 Å². The van der Waals surface area contributed by atoms with Crippen LogP contribution in [0.25, 0.3) is 0 Å². The first-order valence-electron chi connectivity index (χ1n) is 5.29. The fourth-order valence-corrected chi connectivity index (χ4v) is 2.15. The second-order valence-electron chi connectivity index (χ2n) is 3.82. The highest BCUT2D eigenvalue weighted by atomic mass is 127. The summed E-state index contributed by atoms with van der Waals surface area (Å²) < 4.78 is 14.3. The topological polar surface area (TPSA) is 17.1 Å². The lowest BCUT2D eigenvalue weighted by molar-refractivity contribution is 0.0993. The van der Waals surface area contributed by atoms with Gasteiger partial charge >= 0.3 is 0 Å². The number of Topliss-reactive ketones (excluding diaryl/α,β-unsaturated/α-hetero) is 1. The van der Waals surface area contributed by atoms with Crippen molar-refractivity contribution in [3.63, 3.8) is 0 Å². The summed E-state index contributed by atoms with van der Waals surface area (Å²) in [6.07, 6.45) is 0.108. The molecule has 0 aliphatic heterocycles. The van der Waals surface area contributed by atoms with E-state index in [1.165, 1.54) is 6.07 Å². The molecule has 0 aromatic heterocycles. The second kappa shape index (κ2) is 5.80. The van der Waals surface area contributed by atoms with Gasteiger partial charge in [-0.2, -0.15) is 0 Å². The molecule has 4 heteroatoms. The van der Waals surface area contributed by atoms with E-state index in [4.69, 9.17) is 11.6 Å². The molecule has 0 atom stereocenters. The molecule has 2 aromatic carbocycles. The molecule has 0 bridgehead atoms. The Labute approximate surface area is 123 Å². The number of ketones is 1. The van der Waals surface area contributed by atoms with Crippen LogP contribution in [0.1, 0.15) is 15.9 Å². The third-order valence-electron chi connectivity index (χ3n) is 2.55. The molecule has 0 aliphatic rings. The third kappa shape index (κ3) is 3.09. The maximum Gasteiger partial charge on any atom is 0.167 e. The van der Waals surface area contributed by atoms with E-state index >= 15 is 0 Å². The van der Waals surface area contributed by atoms with E-state index < -0.39 is 5.82 Å². The van der Waals surface area contributed by atoms with Gasteiger partial charge in [0.15, 0.2) is 5.78 Å². The summed E-state index contributed by atoms with van der Waals surface area (Å²) in [5, 5.41) is 0.0244. The van der Waals surface area contributed by atoms with Gasteiger partial charge in [0.2, 0.25) is 0 Å². The number of halogens is 3. The summed E-state index contributed by atoms with van der Waals surface area (Å²) in [5.74, 6) is -0.566. The Kier molecular flexibility index (Phi) is 4.35. The normalized spacial score (nSPS) is 10.4. The Morgan fingerprint density at radius 3 is 2.50 bits per heavy atom. The monoisotopic (exact) mass is 374 g/mol. The quantitative estimate of drug-likeness (QED) is 0.571. The van der Waals surface area contributed by atoms with Crippen molar-refractivity contribution in [3.8, 4) is 0 Å². The fraction of sp³-hybridized carbons (Fsp3) is 0.0714. The van der Waals surface area contributed by atoms with Gasteiger partial charge in [-0.25, -0.2) is 4.39 Å². The summed E-state index contributed by atoms with van der Waals surface area (Å²) >= 11 is 7.99. The molecule has 0 fully saturated rings. The van der Waals surface area contributed by atoms with E-state index in [1.807, 2.05) is 12.1 Å². The van der Waals surface area contributed by atoms with Crippen LogP contribution in [-0.2, 0) is 6.42 Å². The average Bonchev–Trinajstić information content (AvgIpc) is 2.36. The Hall–Kier alpha value is -0.940. The summed E-state index contributed by atoms with van der Waals surface area (Å²) in [4.78, 5) is 12.0. The highest BCUT2D eigenvalue weighted by Gasteiger charge is 2.11. The lowest BCUT2D eigenvalue weighted by atomic mass is 10.0. The lowest BCUT2D eigenvalue weighted by Crippen LogP contribution is -2.04. The molecule has 18 heavy (non-hydrogen) atoms. The molecule has 0 unspecified atom stereocenters. The van der Waals surface area contributed by atoms with Gasteiger partial charge in [-0.3, -0.25) is 4.79 Å². The van der Waals surface area contributed by atoms with E-state index in [-0.39, 0.29) is 17.2 Å². The van der Waals surface area contributed by atoms with Crippen LogP contribution in [0.2, 0.25) is 5.02 Å². The zero-order chi connectivity index (χ0) is 13.1. The second-order valence-corrected chi connectivity index (χ2v) is 5.44. The molecule has 0 aliphatic carbocycles. The van der Waals surface area contributed by atoms with Crippen LogP contribution in [0.4, 0.5) is 4.39 Å². The van der Waals surface area contributed by atoms with Crippen LogP contribution >= 0.6 is 34.2 Å². The van der Waals surface area contributed by atoms with E-state index in [0.717, 1.165) is 3.57 Å². The molecule has 0 heterocycles. The van der Waals surface area contributed by atoms with Crippen LogP contribution in [0.3, 0.4) is 0 Å². The number of benzene rings is 2. The summed E-state index contributed by atoms with van der Waals surface area (Å²) in [6.45, 7) is 0. The first-order chi connectivity index (χ1) is 8.58. The van der Waals surface area contributed by atoms with E-state index in [9.17, 15) is 9.18 Å². The van der Waals surface area contributed by atoms with Gasteiger partial charge in [0.25, 0.3) is 0 Å². The maximum atomic E-state index is 13.2. The van der Waals surface area contributed by atoms with Crippen molar-refractivity contribution in [2.75, 3.05) is 0 Å². The van der Waals surface area contributed by atoms with Gasteiger partial charge in [0, 0.05) is 15.6 Å². The zero-order valence-electron chi connectivity index (χ0n) is 9.29. The van der Waals surface area contributed by atoms with Gasteiger partial charge < -0.3 is 0 Å². The molecule has 0 N–H and O–H groups in total. The Morgan fingerprint density at radius 2 is 1.83 bits per heavy atom. The summed E-state index contributed by atoms with van der Waals surface area (Å²) in [5.41, 5.74) is 1.12. The van der Waals surface area contributed by atoms with Crippen molar-refractivity contribution < 1.29 is 9.18 Å². The van der Waals surface area contributed by atoms with E-state index in [1.54, 1.807) is 24.3 Å². The van der Waals surface area contributed by atoms with E-state index in [2.05, 4.69) is 22.6 Å². The number of carbonyl (C=O) groups excluding carboxylic acids is 1. The number of carbonyl (C=O) groups is 1. The maximum absolute atomic E-state index is 13.2. The molecule has 0 saturated heterocycles. The summed E-state index contributed by atoms with van der Waals surface area (Å²) in [7, 11) is 0.